The molecule has 1 aliphatic carbocycles. The Hall–Kier alpha value is -0.160. The lowest BCUT2D eigenvalue weighted by molar-refractivity contribution is -0.0312. The summed E-state index contributed by atoms with van der Waals surface area (Å²) in [4.78, 5) is 0. The number of hydrogen-bond donors (Lipinski definition) is 2. The van der Waals surface area contributed by atoms with Gasteiger partial charge in [0.25, 0.3) is 0 Å². The number of nitrogens with one attached hydrogen (secondary N) is 1. The highest BCUT2D eigenvalue weighted by atomic mass is 16.5. The van der Waals surface area contributed by atoms with Crippen molar-refractivity contribution >= 4 is 0 Å². The first kappa shape index (κ1) is 15.2. The molecule has 4 unspecified atom stereocenters. The summed E-state index contributed by atoms with van der Waals surface area (Å²) in [7, 11) is 0. The van der Waals surface area contributed by atoms with E-state index in [4.69, 9.17) is 9.47 Å². The van der Waals surface area contributed by atoms with Crippen LogP contribution < -0.4 is 5.32 Å². The number of ether oxygens (including phenoxy) is 2. The van der Waals surface area contributed by atoms with E-state index in [9.17, 15) is 5.11 Å². The Bertz CT molecular complexity index is 244. The van der Waals surface area contributed by atoms with Crippen LogP contribution in [0.4, 0.5) is 0 Å². The first-order valence-electron chi connectivity index (χ1n) is 7.86. The van der Waals surface area contributed by atoms with E-state index < -0.39 is 6.10 Å². The summed E-state index contributed by atoms with van der Waals surface area (Å²) < 4.78 is 11.3. The van der Waals surface area contributed by atoms with Gasteiger partial charge in [0.15, 0.2) is 0 Å². The van der Waals surface area contributed by atoms with Crippen molar-refractivity contribution in [1.29, 1.82) is 0 Å². The molecule has 1 aliphatic heterocycles. The maximum absolute atomic E-state index is 9.89. The van der Waals surface area contributed by atoms with Crippen molar-refractivity contribution in [2.45, 2.75) is 63.8 Å². The Morgan fingerprint density at radius 1 is 1.32 bits per heavy atom. The van der Waals surface area contributed by atoms with E-state index >= 15 is 0 Å². The normalized spacial score (nSPS) is 33.5. The smallest absolute Gasteiger partial charge is 0.0897 e. The van der Waals surface area contributed by atoms with Gasteiger partial charge in [0.1, 0.15) is 0 Å². The molecule has 19 heavy (non-hydrogen) atoms. The Labute approximate surface area is 116 Å². The molecular weight excluding hydrogens is 242 g/mol. The number of aliphatic hydroxyl groups is 1. The first-order valence-corrected chi connectivity index (χ1v) is 7.86. The van der Waals surface area contributed by atoms with Crippen LogP contribution in [0, 0.1) is 5.92 Å². The van der Waals surface area contributed by atoms with Crippen LogP contribution in [-0.2, 0) is 9.47 Å². The fourth-order valence-electron chi connectivity index (χ4n) is 3.05. The molecule has 2 N–H and O–H groups in total. The number of hydrogen-bond acceptors (Lipinski definition) is 4. The van der Waals surface area contributed by atoms with Crippen molar-refractivity contribution < 1.29 is 14.6 Å². The molecule has 0 aromatic rings. The highest BCUT2D eigenvalue weighted by Gasteiger charge is 2.20. The van der Waals surface area contributed by atoms with Gasteiger partial charge in [-0.3, -0.25) is 0 Å². The highest BCUT2D eigenvalue weighted by Crippen LogP contribution is 2.25. The molecule has 4 heteroatoms. The van der Waals surface area contributed by atoms with Gasteiger partial charge in [0, 0.05) is 19.7 Å². The van der Waals surface area contributed by atoms with E-state index in [0.717, 1.165) is 44.8 Å². The predicted octanol–water partition coefficient (Wildman–Crippen LogP) is 1.71. The van der Waals surface area contributed by atoms with Gasteiger partial charge in [0.2, 0.25) is 0 Å². The van der Waals surface area contributed by atoms with Gasteiger partial charge >= 0.3 is 0 Å². The van der Waals surface area contributed by atoms with E-state index in [1.807, 2.05) is 0 Å². The van der Waals surface area contributed by atoms with Gasteiger partial charge in [-0.05, 0) is 31.6 Å². The average Bonchev–Trinajstić information content (AvgIpc) is 2.90. The van der Waals surface area contributed by atoms with Gasteiger partial charge in [-0.15, -0.1) is 0 Å². The third-order valence-electron chi connectivity index (χ3n) is 4.19. The maximum atomic E-state index is 9.89. The van der Waals surface area contributed by atoms with Gasteiger partial charge < -0.3 is 19.9 Å². The van der Waals surface area contributed by atoms with Crippen LogP contribution in [0.25, 0.3) is 0 Å². The molecule has 1 saturated heterocycles. The minimum absolute atomic E-state index is 0.340. The van der Waals surface area contributed by atoms with Crippen molar-refractivity contribution in [3.05, 3.63) is 0 Å². The average molecular weight is 271 g/mol. The summed E-state index contributed by atoms with van der Waals surface area (Å²) in [5.41, 5.74) is 0. The van der Waals surface area contributed by atoms with Crippen LogP contribution in [0.15, 0.2) is 0 Å². The molecular formula is C15H29NO3. The monoisotopic (exact) mass is 271 g/mol. The maximum Gasteiger partial charge on any atom is 0.0897 e. The van der Waals surface area contributed by atoms with Crippen LogP contribution in [0.1, 0.15) is 45.4 Å². The van der Waals surface area contributed by atoms with E-state index in [1.165, 1.54) is 12.8 Å². The van der Waals surface area contributed by atoms with Gasteiger partial charge in [-0.25, -0.2) is 0 Å². The fourth-order valence-corrected chi connectivity index (χ4v) is 3.05. The minimum atomic E-state index is -0.404. The van der Waals surface area contributed by atoms with Crippen LogP contribution in [0.5, 0.6) is 0 Å². The molecule has 112 valence electrons. The molecule has 0 radical (unpaired) electrons. The van der Waals surface area contributed by atoms with E-state index in [1.54, 1.807) is 0 Å². The summed E-state index contributed by atoms with van der Waals surface area (Å²) in [6.07, 6.45) is 7.49. The second-order valence-corrected chi connectivity index (χ2v) is 6.17. The Kier molecular flexibility index (Phi) is 6.57. The second kappa shape index (κ2) is 8.20. The zero-order valence-electron chi connectivity index (χ0n) is 12.1. The predicted molar refractivity (Wildman–Crippen MR) is 75.2 cm³/mol. The van der Waals surface area contributed by atoms with Gasteiger partial charge in [0.05, 0.1) is 24.9 Å². The molecule has 1 heterocycles. The van der Waals surface area contributed by atoms with E-state index in [-0.39, 0.29) is 0 Å². The zero-order chi connectivity index (χ0) is 13.5. The third kappa shape index (κ3) is 5.78. The molecule has 4 nitrogen and oxygen atoms in total. The molecule has 1 saturated carbocycles. The molecule has 0 amide bonds. The van der Waals surface area contributed by atoms with Crippen molar-refractivity contribution in [3.8, 4) is 0 Å². The number of aliphatic hydroxyl groups excluding tert-OH is 1. The van der Waals surface area contributed by atoms with Crippen molar-refractivity contribution in [1.82, 2.24) is 5.32 Å². The van der Waals surface area contributed by atoms with Gasteiger partial charge in [-0.1, -0.05) is 19.8 Å². The van der Waals surface area contributed by atoms with Crippen LogP contribution >= 0.6 is 0 Å². The second-order valence-electron chi connectivity index (χ2n) is 6.17. The Morgan fingerprint density at radius 2 is 2.21 bits per heavy atom. The summed E-state index contributed by atoms with van der Waals surface area (Å²) in [6.45, 7) is 5.07. The largest absolute Gasteiger partial charge is 0.389 e. The Balaban J connectivity index is 1.50. The lowest BCUT2D eigenvalue weighted by atomic mass is 9.89. The first-order chi connectivity index (χ1) is 9.24. The lowest BCUT2D eigenvalue weighted by Gasteiger charge is -2.27. The lowest BCUT2D eigenvalue weighted by Crippen LogP contribution is -2.36. The topological polar surface area (TPSA) is 50.7 Å². The molecule has 2 fully saturated rings. The molecule has 2 rings (SSSR count). The van der Waals surface area contributed by atoms with Crippen molar-refractivity contribution in [2.75, 3.05) is 26.3 Å². The molecule has 0 bridgehead atoms. The molecule has 4 atom stereocenters. The Morgan fingerprint density at radius 3 is 2.95 bits per heavy atom. The summed E-state index contributed by atoms with van der Waals surface area (Å²) >= 11 is 0. The fraction of sp³-hybridized carbons (Fsp3) is 1.00. The van der Waals surface area contributed by atoms with Crippen molar-refractivity contribution in [2.24, 2.45) is 5.92 Å². The van der Waals surface area contributed by atoms with Gasteiger partial charge in [-0.2, -0.15) is 0 Å². The van der Waals surface area contributed by atoms with E-state index in [2.05, 4.69) is 12.2 Å². The quantitative estimate of drug-likeness (QED) is 0.740. The van der Waals surface area contributed by atoms with E-state index in [0.29, 0.717) is 25.4 Å². The molecule has 0 aromatic carbocycles. The number of rotatable bonds is 7. The standard InChI is InChI=1S/C15H29NO3/c1-12-4-2-5-14(8-12)19-11-13(17)9-16-10-15-6-3-7-18-15/h12-17H,2-11H2,1H3. The van der Waals surface area contributed by atoms with Crippen LogP contribution in [0.3, 0.4) is 0 Å². The summed E-state index contributed by atoms with van der Waals surface area (Å²) in [5, 5.41) is 13.2. The third-order valence-corrected chi connectivity index (χ3v) is 4.19. The molecule has 0 aromatic heterocycles. The van der Waals surface area contributed by atoms with Crippen molar-refractivity contribution in [3.63, 3.8) is 0 Å². The zero-order valence-corrected chi connectivity index (χ0v) is 12.1. The summed E-state index contributed by atoms with van der Waals surface area (Å²) in [5.74, 6) is 0.772. The van der Waals surface area contributed by atoms with Crippen LogP contribution in [0.2, 0.25) is 0 Å². The SMILES string of the molecule is CC1CCCC(OCC(O)CNCC2CCCO2)C1. The minimum Gasteiger partial charge on any atom is -0.389 e. The molecule has 2 aliphatic rings. The summed E-state index contributed by atoms with van der Waals surface area (Å²) in [6, 6.07) is 0. The van der Waals surface area contributed by atoms with Crippen LogP contribution in [-0.4, -0.2) is 49.7 Å². The highest BCUT2D eigenvalue weighted by molar-refractivity contribution is 4.72. The molecule has 0 spiro atoms.